The second-order valence-corrected chi connectivity index (χ2v) is 13.0. The second-order valence-electron chi connectivity index (χ2n) is 11.1. The van der Waals surface area contributed by atoms with Crippen LogP contribution in [0.4, 0.5) is 10.5 Å². The van der Waals surface area contributed by atoms with Crippen molar-refractivity contribution in [1.82, 2.24) is 14.9 Å². The maximum atomic E-state index is 13.7. The van der Waals surface area contributed by atoms with Crippen LogP contribution in [-0.2, 0) is 30.7 Å². The van der Waals surface area contributed by atoms with Crippen LogP contribution in [0.1, 0.15) is 37.7 Å². The summed E-state index contributed by atoms with van der Waals surface area (Å²) in [5.41, 5.74) is 7.04. The number of hydrogen-bond acceptors (Lipinski definition) is 8. The number of rotatable bonds is 11. The maximum Gasteiger partial charge on any atom is 0.407 e. The zero-order chi connectivity index (χ0) is 29.0. The summed E-state index contributed by atoms with van der Waals surface area (Å²) in [6.07, 6.45) is 1.36. The van der Waals surface area contributed by atoms with Crippen molar-refractivity contribution in [2.45, 2.75) is 73.8 Å². The number of carbonyl (C=O) groups is 2. The molecule has 1 saturated carbocycles. The van der Waals surface area contributed by atoms with Gasteiger partial charge >= 0.3 is 6.09 Å². The minimum absolute atomic E-state index is 0.0183. The van der Waals surface area contributed by atoms with Crippen LogP contribution in [-0.4, -0.2) is 79.9 Å². The highest BCUT2D eigenvalue weighted by Gasteiger charge is 2.43. The van der Waals surface area contributed by atoms with Gasteiger partial charge < -0.3 is 30.9 Å². The van der Waals surface area contributed by atoms with Gasteiger partial charge in [0, 0.05) is 43.8 Å². The molecule has 2 aromatic rings. The SMILES string of the molecule is Nc1ccc(S(=O)(=O)N(CC2CCC(=O)N2)C[C@@H](O)[C@H](Cc2ccccc2)NC(=O)OC2CC[C@H]3OCC[C@@H]23)cc1. The average molecular weight is 587 g/mol. The number of ether oxygens (including phenoxy) is 2. The third-order valence-electron chi connectivity index (χ3n) is 8.22. The molecule has 2 heterocycles. The molecule has 0 aromatic heterocycles. The monoisotopic (exact) mass is 586 g/mol. The number of anilines is 1. The standard InChI is InChI=1S/C29H38N4O7S/c30-20-6-9-22(10-7-20)41(37,38)33(17-21-8-13-28(35)31-21)18-25(34)24(16-19-4-2-1-3-5-19)32-29(36)40-27-12-11-26-23(27)14-15-39-26/h1-7,9-10,21,23-27,34H,8,11-18,30H2,(H,31,35)(H,32,36)/t21?,23-,24+,25-,26-,27?/m1/s1. The summed E-state index contributed by atoms with van der Waals surface area (Å²) in [4.78, 5) is 24.9. The van der Waals surface area contributed by atoms with Gasteiger partial charge in [-0.15, -0.1) is 0 Å². The normalized spacial score (nSPS) is 25.5. The Bertz CT molecular complexity index is 1310. The lowest BCUT2D eigenvalue weighted by Gasteiger charge is -2.31. The number of nitrogen functional groups attached to an aromatic ring is 1. The second kappa shape index (κ2) is 12.8. The molecule has 1 aliphatic carbocycles. The summed E-state index contributed by atoms with van der Waals surface area (Å²) >= 11 is 0. The molecule has 0 radical (unpaired) electrons. The fourth-order valence-corrected chi connectivity index (χ4v) is 7.51. The topological polar surface area (TPSA) is 160 Å². The van der Waals surface area contributed by atoms with Gasteiger partial charge in [-0.3, -0.25) is 4.79 Å². The van der Waals surface area contributed by atoms with Gasteiger partial charge in [0.05, 0.1) is 23.1 Å². The molecule has 41 heavy (non-hydrogen) atoms. The molecule has 0 bridgehead atoms. The molecular formula is C29H38N4O7S. The Morgan fingerprint density at radius 2 is 1.88 bits per heavy atom. The van der Waals surface area contributed by atoms with E-state index in [0.717, 1.165) is 24.8 Å². The number of fused-ring (bicyclic) bond motifs is 1. The van der Waals surface area contributed by atoms with Crippen LogP contribution < -0.4 is 16.4 Å². The third kappa shape index (κ3) is 7.18. The largest absolute Gasteiger partial charge is 0.446 e. The smallest absolute Gasteiger partial charge is 0.407 e. The quantitative estimate of drug-likeness (QED) is 0.290. The predicted molar refractivity (Wildman–Crippen MR) is 151 cm³/mol. The number of benzene rings is 2. The molecule has 2 aromatic carbocycles. The molecule has 6 atom stereocenters. The number of hydrogen-bond donors (Lipinski definition) is 4. The van der Waals surface area contributed by atoms with Crippen molar-refractivity contribution >= 4 is 27.7 Å². The summed E-state index contributed by atoms with van der Waals surface area (Å²) in [6, 6.07) is 13.9. The van der Waals surface area contributed by atoms with Crippen LogP contribution in [0.15, 0.2) is 59.5 Å². The molecule has 5 N–H and O–H groups in total. The first-order chi connectivity index (χ1) is 19.7. The summed E-state index contributed by atoms with van der Waals surface area (Å²) in [7, 11) is -4.07. The van der Waals surface area contributed by atoms with E-state index < -0.39 is 34.3 Å². The number of carbonyl (C=O) groups excluding carboxylic acids is 2. The molecule has 2 saturated heterocycles. The van der Waals surface area contributed by atoms with Crippen molar-refractivity contribution in [2.24, 2.45) is 5.92 Å². The number of aliphatic hydroxyl groups is 1. The van der Waals surface area contributed by atoms with E-state index in [2.05, 4.69) is 10.6 Å². The zero-order valence-electron chi connectivity index (χ0n) is 22.9. The van der Waals surface area contributed by atoms with E-state index in [4.69, 9.17) is 15.2 Å². The Morgan fingerprint density at radius 1 is 1.12 bits per heavy atom. The van der Waals surface area contributed by atoms with Crippen LogP contribution in [0.2, 0.25) is 0 Å². The van der Waals surface area contributed by atoms with E-state index in [9.17, 15) is 23.1 Å². The van der Waals surface area contributed by atoms with Gasteiger partial charge in [0.1, 0.15) is 6.10 Å². The van der Waals surface area contributed by atoms with Crippen molar-refractivity contribution in [1.29, 1.82) is 0 Å². The molecule has 11 nitrogen and oxygen atoms in total. The molecule has 222 valence electrons. The van der Waals surface area contributed by atoms with Crippen molar-refractivity contribution in [2.75, 3.05) is 25.4 Å². The number of sulfonamides is 1. The van der Waals surface area contributed by atoms with Crippen LogP contribution in [0, 0.1) is 5.92 Å². The number of nitrogens with one attached hydrogen (secondary N) is 2. The van der Waals surface area contributed by atoms with Crippen molar-refractivity contribution in [3.63, 3.8) is 0 Å². The number of amides is 2. The first-order valence-corrected chi connectivity index (χ1v) is 15.6. The van der Waals surface area contributed by atoms with Gasteiger partial charge in [0.2, 0.25) is 15.9 Å². The lowest BCUT2D eigenvalue weighted by atomic mass is 10.0. The van der Waals surface area contributed by atoms with Crippen LogP contribution >= 0.6 is 0 Å². The van der Waals surface area contributed by atoms with E-state index in [1.165, 1.54) is 28.6 Å². The zero-order valence-corrected chi connectivity index (χ0v) is 23.7. The molecule has 0 spiro atoms. The number of aliphatic hydroxyl groups excluding tert-OH is 1. The van der Waals surface area contributed by atoms with Crippen LogP contribution in [0.5, 0.6) is 0 Å². The summed E-state index contributed by atoms with van der Waals surface area (Å²) in [5.74, 6) is 0.0222. The van der Waals surface area contributed by atoms with Gasteiger partial charge in [0.25, 0.3) is 0 Å². The lowest BCUT2D eigenvalue weighted by Crippen LogP contribution is -2.52. The summed E-state index contributed by atoms with van der Waals surface area (Å²) in [5, 5.41) is 17.1. The van der Waals surface area contributed by atoms with E-state index in [1.54, 1.807) is 0 Å². The minimum Gasteiger partial charge on any atom is -0.446 e. The molecule has 12 heteroatoms. The van der Waals surface area contributed by atoms with E-state index in [1.807, 2.05) is 30.3 Å². The third-order valence-corrected chi connectivity index (χ3v) is 10.1. The van der Waals surface area contributed by atoms with Gasteiger partial charge in [-0.25, -0.2) is 13.2 Å². The molecule has 2 unspecified atom stereocenters. The Morgan fingerprint density at radius 3 is 2.59 bits per heavy atom. The van der Waals surface area contributed by atoms with Crippen molar-refractivity contribution < 1.29 is 32.6 Å². The summed E-state index contributed by atoms with van der Waals surface area (Å²) in [6.45, 7) is 0.327. The highest BCUT2D eigenvalue weighted by molar-refractivity contribution is 7.89. The number of alkyl carbamates (subject to hydrolysis) is 1. The maximum absolute atomic E-state index is 13.7. The highest BCUT2D eigenvalue weighted by Crippen LogP contribution is 2.37. The highest BCUT2D eigenvalue weighted by atomic mass is 32.2. The molecule has 3 aliphatic rings. The van der Waals surface area contributed by atoms with Gasteiger partial charge in [0.15, 0.2) is 0 Å². The fourth-order valence-electron chi connectivity index (χ4n) is 6.01. The Kier molecular flexibility index (Phi) is 9.12. The molecule has 2 aliphatic heterocycles. The van der Waals surface area contributed by atoms with Crippen LogP contribution in [0.25, 0.3) is 0 Å². The van der Waals surface area contributed by atoms with Gasteiger partial charge in [-0.1, -0.05) is 30.3 Å². The Labute approximate surface area is 240 Å². The molecule has 2 amide bonds. The van der Waals surface area contributed by atoms with Crippen molar-refractivity contribution in [3.8, 4) is 0 Å². The lowest BCUT2D eigenvalue weighted by molar-refractivity contribution is -0.119. The van der Waals surface area contributed by atoms with Crippen LogP contribution in [0.3, 0.4) is 0 Å². The van der Waals surface area contributed by atoms with E-state index in [-0.39, 0.29) is 48.4 Å². The number of nitrogens with two attached hydrogens (primary N) is 1. The molecule has 3 fully saturated rings. The Balaban J connectivity index is 1.34. The first kappa shape index (κ1) is 29.3. The molecular weight excluding hydrogens is 548 g/mol. The van der Waals surface area contributed by atoms with E-state index >= 15 is 0 Å². The first-order valence-electron chi connectivity index (χ1n) is 14.1. The average Bonchev–Trinajstić information content (AvgIpc) is 3.68. The molecule has 5 rings (SSSR count). The predicted octanol–water partition coefficient (Wildman–Crippen LogP) is 1.80. The van der Waals surface area contributed by atoms with Gasteiger partial charge in [-0.2, -0.15) is 4.31 Å². The summed E-state index contributed by atoms with van der Waals surface area (Å²) < 4.78 is 40.1. The minimum atomic E-state index is -4.07. The Hall–Kier alpha value is -3.19. The number of nitrogens with zero attached hydrogens (tertiary/aromatic N) is 1. The fraction of sp³-hybridized carbons (Fsp3) is 0.517. The van der Waals surface area contributed by atoms with Crippen molar-refractivity contribution in [3.05, 3.63) is 60.2 Å². The van der Waals surface area contributed by atoms with E-state index in [0.29, 0.717) is 25.1 Å². The van der Waals surface area contributed by atoms with Gasteiger partial charge in [-0.05, 0) is 61.9 Å².